The van der Waals surface area contributed by atoms with Gasteiger partial charge in [-0.2, -0.15) is 13.2 Å². The maximum Gasteiger partial charge on any atom is 0.471 e. The zero-order chi connectivity index (χ0) is 27.9. The van der Waals surface area contributed by atoms with Gasteiger partial charge in [0.1, 0.15) is 12.5 Å². The highest BCUT2D eigenvalue weighted by Gasteiger charge is 2.44. The lowest BCUT2D eigenvalue weighted by Crippen LogP contribution is -2.41. The van der Waals surface area contributed by atoms with E-state index in [2.05, 4.69) is 25.0 Å². The van der Waals surface area contributed by atoms with Gasteiger partial charge in [0.05, 0.1) is 12.2 Å². The van der Waals surface area contributed by atoms with Crippen LogP contribution in [0.5, 0.6) is 0 Å². The quantitative estimate of drug-likeness (QED) is 0.0989. The molecule has 1 saturated carbocycles. The summed E-state index contributed by atoms with van der Waals surface area (Å²) in [7, 11) is -1.31. The molecule has 0 heterocycles. The van der Waals surface area contributed by atoms with E-state index in [4.69, 9.17) is 10.1 Å². The van der Waals surface area contributed by atoms with Crippen LogP contribution < -0.4 is 10.2 Å². The van der Waals surface area contributed by atoms with Crippen molar-refractivity contribution in [3.63, 3.8) is 0 Å². The Bertz CT molecular complexity index is 1100. The van der Waals surface area contributed by atoms with Crippen LogP contribution in [0.25, 0.3) is 0 Å². The van der Waals surface area contributed by atoms with Crippen molar-refractivity contribution in [2.24, 2.45) is 0 Å². The van der Waals surface area contributed by atoms with Gasteiger partial charge in [0.15, 0.2) is 0 Å². The number of nitrogens with zero attached hydrogens (tertiary/aromatic N) is 1. The third-order valence-electron chi connectivity index (χ3n) is 6.81. The predicted octanol–water partition coefficient (Wildman–Crippen LogP) is 7.69. The van der Waals surface area contributed by atoms with E-state index in [0.29, 0.717) is 23.0 Å². The molecule has 1 aliphatic rings. The standard InChI is InChI=1S/C28H37F4N3O2Si/c1-38(2,3)14-13-37-19-34-25-16-26(24(29)15-23(25)17-33)35(27(36)28(30,31)32)18-20-9-11-22(12-10-20)21-7-5-4-6-8-21/h9-12,15-17,21,33-34H,4-8,13-14,18-19H2,1-3H3. The molecule has 2 aromatic carbocycles. The van der Waals surface area contributed by atoms with Gasteiger partial charge in [0.2, 0.25) is 0 Å². The van der Waals surface area contributed by atoms with E-state index in [1.807, 2.05) is 12.1 Å². The van der Waals surface area contributed by atoms with E-state index in [1.165, 1.54) is 6.42 Å². The molecule has 0 bridgehead atoms. The van der Waals surface area contributed by atoms with Crippen LogP contribution in [0, 0.1) is 11.2 Å². The van der Waals surface area contributed by atoms with Crippen molar-refractivity contribution in [2.75, 3.05) is 23.6 Å². The average molecular weight is 552 g/mol. The van der Waals surface area contributed by atoms with Gasteiger partial charge in [-0.25, -0.2) is 4.39 Å². The molecule has 1 amide bonds. The molecule has 10 heteroatoms. The van der Waals surface area contributed by atoms with Gasteiger partial charge in [0, 0.05) is 32.1 Å². The first-order valence-corrected chi connectivity index (χ1v) is 16.7. The highest BCUT2D eigenvalue weighted by atomic mass is 28.3. The van der Waals surface area contributed by atoms with Crippen LogP contribution in [-0.4, -0.2) is 39.7 Å². The Labute approximate surface area is 223 Å². The van der Waals surface area contributed by atoms with Crippen molar-refractivity contribution in [2.45, 2.75) is 76.4 Å². The number of carbonyl (C=O) groups is 1. The third-order valence-corrected chi connectivity index (χ3v) is 8.52. The number of amides is 1. The molecule has 0 aliphatic heterocycles. The summed E-state index contributed by atoms with van der Waals surface area (Å²) in [4.78, 5) is 12.9. The number of halogens is 4. The molecule has 38 heavy (non-hydrogen) atoms. The molecule has 1 aliphatic carbocycles. The van der Waals surface area contributed by atoms with Gasteiger partial charge in [-0.05, 0) is 48.1 Å². The Morgan fingerprint density at radius 2 is 1.79 bits per heavy atom. The molecule has 0 radical (unpaired) electrons. The average Bonchev–Trinajstić information content (AvgIpc) is 2.87. The van der Waals surface area contributed by atoms with Crippen LogP contribution >= 0.6 is 0 Å². The molecule has 1 fully saturated rings. The second-order valence-electron chi connectivity index (χ2n) is 11.0. The summed E-state index contributed by atoms with van der Waals surface area (Å²) in [5.41, 5.74) is 1.42. The SMILES string of the molecule is C[Si](C)(C)CCOCNc1cc(N(Cc2ccc(C3CCCCC3)cc2)C(=O)C(F)(F)F)c(F)cc1C=N. The van der Waals surface area contributed by atoms with Crippen molar-refractivity contribution in [3.8, 4) is 0 Å². The number of anilines is 2. The summed E-state index contributed by atoms with van der Waals surface area (Å²) >= 11 is 0. The minimum atomic E-state index is -5.19. The Balaban J connectivity index is 1.84. The van der Waals surface area contributed by atoms with Crippen molar-refractivity contribution in [1.29, 1.82) is 5.41 Å². The minimum absolute atomic E-state index is 0.0340. The lowest BCUT2D eigenvalue weighted by molar-refractivity contribution is -0.170. The number of alkyl halides is 3. The normalized spacial score (nSPS) is 14.8. The lowest BCUT2D eigenvalue weighted by atomic mass is 9.84. The van der Waals surface area contributed by atoms with Crippen molar-refractivity contribution < 1.29 is 27.1 Å². The molecule has 0 saturated heterocycles. The summed E-state index contributed by atoms with van der Waals surface area (Å²) < 4.78 is 61.4. The van der Waals surface area contributed by atoms with E-state index in [-0.39, 0.29) is 18.0 Å². The van der Waals surface area contributed by atoms with E-state index in [9.17, 15) is 18.0 Å². The zero-order valence-corrected chi connectivity index (χ0v) is 23.3. The van der Waals surface area contributed by atoms with Crippen molar-refractivity contribution in [3.05, 3.63) is 58.9 Å². The highest BCUT2D eigenvalue weighted by Crippen LogP contribution is 2.34. The summed E-state index contributed by atoms with van der Waals surface area (Å²) in [6.07, 6.45) is 1.41. The number of rotatable bonds is 11. The van der Waals surface area contributed by atoms with Gasteiger partial charge < -0.3 is 15.5 Å². The lowest BCUT2D eigenvalue weighted by Gasteiger charge is -2.26. The maximum absolute atomic E-state index is 15.1. The zero-order valence-electron chi connectivity index (χ0n) is 22.3. The predicted molar refractivity (Wildman–Crippen MR) is 146 cm³/mol. The molecule has 2 aromatic rings. The second-order valence-corrected chi connectivity index (χ2v) is 16.7. The fourth-order valence-corrected chi connectivity index (χ4v) is 5.33. The van der Waals surface area contributed by atoms with Crippen LogP contribution in [-0.2, 0) is 16.1 Å². The number of carbonyl (C=O) groups excluding carboxylic acids is 1. The van der Waals surface area contributed by atoms with E-state index in [1.54, 1.807) is 12.1 Å². The van der Waals surface area contributed by atoms with E-state index < -0.39 is 38.2 Å². The molecular weight excluding hydrogens is 514 g/mol. The number of hydrogen-bond donors (Lipinski definition) is 2. The fourth-order valence-electron chi connectivity index (χ4n) is 4.57. The Hall–Kier alpha value is -2.72. The molecule has 0 unspecified atom stereocenters. The highest BCUT2D eigenvalue weighted by molar-refractivity contribution is 6.76. The van der Waals surface area contributed by atoms with Gasteiger partial charge in [-0.3, -0.25) is 9.69 Å². The van der Waals surface area contributed by atoms with Gasteiger partial charge in [-0.1, -0.05) is 63.2 Å². The molecular formula is C28H37F4N3O2Si. The summed E-state index contributed by atoms with van der Waals surface area (Å²) in [5.74, 6) is -2.75. The van der Waals surface area contributed by atoms with Crippen LogP contribution in [0.1, 0.15) is 54.7 Å². The Kier molecular flexibility index (Phi) is 10.1. The second kappa shape index (κ2) is 12.9. The Morgan fingerprint density at radius 1 is 1.13 bits per heavy atom. The third kappa shape index (κ3) is 8.39. The first kappa shape index (κ1) is 29.8. The molecule has 3 rings (SSSR count). The largest absolute Gasteiger partial charge is 0.471 e. The molecule has 5 nitrogen and oxygen atoms in total. The van der Waals surface area contributed by atoms with Crippen LogP contribution in [0.4, 0.5) is 28.9 Å². The molecule has 0 aromatic heterocycles. The molecule has 208 valence electrons. The summed E-state index contributed by atoms with van der Waals surface area (Å²) in [6.45, 7) is 6.71. The monoisotopic (exact) mass is 551 g/mol. The van der Waals surface area contributed by atoms with Crippen LogP contribution in [0.15, 0.2) is 36.4 Å². The maximum atomic E-state index is 15.1. The number of ether oxygens (including phenoxy) is 1. The van der Waals surface area contributed by atoms with Gasteiger partial charge in [0.25, 0.3) is 0 Å². The van der Waals surface area contributed by atoms with Crippen LogP contribution in [0.2, 0.25) is 25.7 Å². The first-order chi connectivity index (χ1) is 17.9. The Morgan fingerprint density at radius 3 is 2.37 bits per heavy atom. The van der Waals surface area contributed by atoms with Crippen molar-refractivity contribution >= 4 is 31.6 Å². The van der Waals surface area contributed by atoms with E-state index >= 15 is 4.39 Å². The number of hydrogen-bond acceptors (Lipinski definition) is 4. The number of nitrogens with one attached hydrogen (secondary N) is 2. The van der Waals surface area contributed by atoms with Gasteiger partial charge >= 0.3 is 12.1 Å². The molecule has 0 atom stereocenters. The first-order valence-electron chi connectivity index (χ1n) is 13.0. The smallest absolute Gasteiger partial charge is 0.362 e. The van der Waals surface area contributed by atoms with Crippen LogP contribution in [0.3, 0.4) is 0 Å². The van der Waals surface area contributed by atoms with E-state index in [0.717, 1.165) is 55.6 Å². The minimum Gasteiger partial charge on any atom is -0.362 e. The van der Waals surface area contributed by atoms with Gasteiger partial charge in [-0.15, -0.1) is 0 Å². The van der Waals surface area contributed by atoms with Crippen molar-refractivity contribution in [1.82, 2.24) is 0 Å². The summed E-state index contributed by atoms with van der Waals surface area (Å²) in [5, 5.41) is 10.5. The number of benzene rings is 2. The topological polar surface area (TPSA) is 65.4 Å². The molecule has 2 N–H and O–H groups in total. The summed E-state index contributed by atoms with van der Waals surface area (Å²) in [6, 6.07) is 10.2. The molecule has 0 spiro atoms. The fraction of sp³-hybridized carbons (Fsp3) is 0.500.